The Labute approximate surface area is 85.5 Å². The second-order valence-electron chi connectivity index (χ2n) is 2.60. The average molecular weight is 236 g/mol. The van der Waals surface area contributed by atoms with E-state index in [1.807, 2.05) is 0 Å². The summed E-state index contributed by atoms with van der Waals surface area (Å²) in [6.07, 6.45) is -3.36. The number of alkyl halides is 2. The van der Waals surface area contributed by atoms with Crippen molar-refractivity contribution in [3.63, 3.8) is 0 Å². The number of rotatable bonds is 3. The monoisotopic (exact) mass is 236 g/mol. The summed E-state index contributed by atoms with van der Waals surface area (Å²) in [4.78, 5) is 22.1. The number of carboxylic acids is 1. The van der Waals surface area contributed by atoms with Crippen LogP contribution in [-0.4, -0.2) is 21.0 Å². The van der Waals surface area contributed by atoms with Crippen molar-refractivity contribution in [2.24, 2.45) is 0 Å². The lowest BCUT2D eigenvalue weighted by atomic mass is 10.2. The zero-order valence-corrected chi connectivity index (χ0v) is 7.35. The van der Waals surface area contributed by atoms with Crippen LogP contribution in [0.5, 0.6) is 0 Å². The minimum atomic E-state index is -3.36. The Morgan fingerprint density at radius 3 is 2.50 bits per heavy atom. The van der Waals surface area contributed by atoms with E-state index < -0.39 is 40.2 Å². The first kappa shape index (κ1) is 11.9. The summed E-state index contributed by atoms with van der Waals surface area (Å²) in [5.41, 5.74) is -2.37. The molecule has 1 N–H and O–H groups in total. The van der Waals surface area contributed by atoms with Crippen LogP contribution in [-0.2, 0) is 0 Å². The third kappa shape index (κ3) is 2.07. The van der Waals surface area contributed by atoms with E-state index in [0.29, 0.717) is 0 Å². The van der Waals surface area contributed by atoms with Gasteiger partial charge in [-0.1, -0.05) is 0 Å². The molecule has 0 spiro atoms. The van der Waals surface area contributed by atoms with Gasteiger partial charge in [0.15, 0.2) is 0 Å². The molecule has 0 aliphatic carbocycles. The minimum Gasteiger partial charge on any atom is -0.475 e. The number of aromatic carboxylic acids is 1. The first-order valence-electron chi connectivity index (χ1n) is 3.71. The molecule has 0 radical (unpaired) electrons. The zero-order valence-electron chi connectivity index (χ0n) is 7.35. The van der Waals surface area contributed by atoms with E-state index in [9.17, 15) is 28.1 Å². The Balaban J connectivity index is 3.51. The number of carbonyl (C=O) groups is 1. The van der Waals surface area contributed by atoms with Gasteiger partial charge in [0.1, 0.15) is 0 Å². The summed E-state index contributed by atoms with van der Waals surface area (Å²) in [5.74, 6) is -5.12. The molecule has 1 aromatic heterocycles. The Bertz CT molecular complexity index is 463. The molecule has 1 rings (SSSR count). The Kier molecular flexibility index (Phi) is 3.06. The summed E-state index contributed by atoms with van der Waals surface area (Å²) < 4.78 is 37.5. The quantitative estimate of drug-likeness (QED) is 0.637. The van der Waals surface area contributed by atoms with Gasteiger partial charge >= 0.3 is 11.8 Å². The molecule has 0 bridgehead atoms. The number of hydrogen-bond acceptors (Lipinski definition) is 4. The fourth-order valence-electron chi connectivity index (χ4n) is 0.925. The first-order chi connectivity index (χ1) is 7.34. The standard InChI is InChI=1S/C7H3F3N2O4/c8-4-2(5(9)10)1-3(7(13)14)11-6(4)12(15)16/h1,5H,(H,13,14). The fraction of sp³-hybridized carbons (Fsp3) is 0.143. The molecule has 0 aromatic carbocycles. The molecular formula is C7H3F3N2O4. The molecule has 0 aliphatic rings. The molecule has 0 atom stereocenters. The van der Waals surface area contributed by atoms with Crippen molar-refractivity contribution in [2.75, 3.05) is 0 Å². The molecule has 0 amide bonds. The highest BCUT2D eigenvalue weighted by atomic mass is 19.3. The zero-order chi connectivity index (χ0) is 12.5. The summed E-state index contributed by atoms with van der Waals surface area (Å²) in [6.45, 7) is 0. The van der Waals surface area contributed by atoms with Gasteiger partial charge in [-0.3, -0.25) is 0 Å². The smallest absolute Gasteiger partial charge is 0.401 e. The van der Waals surface area contributed by atoms with Crippen LogP contribution in [0, 0.1) is 15.9 Å². The van der Waals surface area contributed by atoms with Crippen molar-refractivity contribution in [2.45, 2.75) is 6.43 Å². The van der Waals surface area contributed by atoms with Gasteiger partial charge < -0.3 is 15.2 Å². The van der Waals surface area contributed by atoms with Crippen molar-refractivity contribution in [3.05, 3.63) is 33.3 Å². The number of carboxylic acid groups (broad SMARTS) is 1. The Morgan fingerprint density at radius 2 is 2.12 bits per heavy atom. The maximum absolute atomic E-state index is 13.0. The van der Waals surface area contributed by atoms with E-state index in [2.05, 4.69) is 4.98 Å². The number of pyridine rings is 1. The highest BCUT2D eigenvalue weighted by Crippen LogP contribution is 2.27. The Morgan fingerprint density at radius 1 is 1.56 bits per heavy atom. The van der Waals surface area contributed by atoms with Gasteiger partial charge in [0, 0.05) is 6.07 Å². The Hall–Kier alpha value is -2.19. The molecule has 6 nitrogen and oxygen atoms in total. The lowest BCUT2D eigenvalue weighted by Crippen LogP contribution is -2.08. The first-order valence-corrected chi connectivity index (χ1v) is 3.71. The van der Waals surface area contributed by atoms with Crippen molar-refractivity contribution in [1.29, 1.82) is 0 Å². The van der Waals surface area contributed by atoms with E-state index in [1.54, 1.807) is 0 Å². The highest BCUT2D eigenvalue weighted by molar-refractivity contribution is 5.85. The third-order valence-electron chi connectivity index (χ3n) is 1.60. The van der Waals surface area contributed by atoms with Gasteiger partial charge in [-0.05, 0) is 9.91 Å². The molecule has 16 heavy (non-hydrogen) atoms. The van der Waals surface area contributed by atoms with Crippen molar-refractivity contribution >= 4 is 11.8 Å². The lowest BCUT2D eigenvalue weighted by Gasteiger charge is -2.02. The van der Waals surface area contributed by atoms with Gasteiger partial charge in [-0.2, -0.15) is 4.39 Å². The van der Waals surface area contributed by atoms with Crippen LogP contribution in [0.4, 0.5) is 19.0 Å². The van der Waals surface area contributed by atoms with E-state index in [4.69, 9.17) is 5.11 Å². The molecule has 86 valence electrons. The van der Waals surface area contributed by atoms with E-state index in [1.165, 1.54) is 0 Å². The van der Waals surface area contributed by atoms with Gasteiger partial charge in [0.05, 0.1) is 5.56 Å². The van der Waals surface area contributed by atoms with E-state index in [0.717, 1.165) is 0 Å². The molecular weight excluding hydrogens is 233 g/mol. The van der Waals surface area contributed by atoms with Gasteiger partial charge in [-0.25, -0.2) is 13.6 Å². The van der Waals surface area contributed by atoms with Crippen LogP contribution >= 0.6 is 0 Å². The SMILES string of the molecule is O=C(O)c1cc(C(F)F)c(F)c([N+](=O)[O-])n1. The van der Waals surface area contributed by atoms with Gasteiger partial charge in [0.25, 0.3) is 12.1 Å². The largest absolute Gasteiger partial charge is 0.475 e. The summed E-state index contributed by atoms with van der Waals surface area (Å²) in [7, 11) is 0. The third-order valence-corrected chi connectivity index (χ3v) is 1.60. The maximum atomic E-state index is 13.0. The molecule has 0 saturated carbocycles. The number of hydrogen-bond donors (Lipinski definition) is 1. The normalized spacial score (nSPS) is 10.5. The number of halogens is 3. The van der Waals surface area contributed by atoms with Crippen LogP contribution in [0.3, 0.4) is 0 Å². The topological polar surface area (TPSA) is 93.3 Å². The van der Waals surface area contributed by atoms with Crippen LogP contribution in [0.15, 0.2) is 6.07 Å². The molecule has 0 saturated heterocycles. The van der Waals surface area contributed by atoms with Gasteiger partial charge in [-0.15, -0.1) is 0 Å². The highest BCUT2D eigenvalue weighted by Gasteiger charge is 2.29. The predicted molar refractivity (Wildman–Crippen MR) is 42.8 cm³/mol. The second-order valence-corrected chi connectivity index (χ2v) is 2.60. The molecule has 1 aromatic rings. The average Bonchev–Trinajstić information content (AvgIpc) is 2.16. The summed E-state index contributed by atoms with van der Waals surface area (Å²) >= 11 is 0. The summed E-state index contributed by atoms with van der Waals surface area (Å²) in [6, 6.07) is 0.259. The fourth-order valence-corrected chi connectivity index (χ4v) is 0.925. The van der Waals surface area contributed by atoms with E-state index in [-0.39, 0.29) is 6.07 Å². The molecule has 0 aliphatic heterocycles. The molecule has 9 heteroatoms. The van der Waals surface area contributed by atoms with Crippen molar-refractivity contribution in [3.8, 4) is 0 Å². The minimum absolute atomic E-state index is 0.259. The predicted octanol–water partition coefficient (Wildman–Crippen LogP) is 1.76. The van der Waals surface area contributed by atoms with Crippen LogP contribution < -0.4 is 0 Å². The van der Waals surface area contributed by atoms with Crippen molar-refractivity contribution < 1.29 is 28.0 Å². The van der Waals surface area contributed by atoms with Crippen LogP contribution in [0.2, 0.25) is 0 Å². The number of nitro groups is 1. The van der Waals surface area contributed by atoms with Crippen LogP contribution in [0.25, 0.3) is 0 Å². The molecule has 0 fully saturated rings. The second kappa shape index (κ2) is 4.13. The molecule has 1 heterocycles. The number of nitrogens with zero attached hydrogens (tertiary/aromatic N) is 2. The summed E-state index contributed by atoms with van der Waals surface area (Å²) in [5, 5.41) is 18.7. The van der Waals surface area contributed by atoms with E-state index >= 15 is 0 Å². The lowest BCUT2D eigenvalue weighted by molar-refractivity contribution is -0.392. The van der Waals surface area contributed by atoms with Gasteiger partial charge in [0.2, 0.25) is 5.82 Å². The van der Waals surface area contributed by atoms with Crippen molar-refractivity contribution in [1.82, 2.24) is 4.98 Å². The van der Waals surface area contributed by atoms with Crippen LogP contribution in [0.1, 0.15) is 22.5 Å². The number of aromatic nitrogens is 1. The maximum Gasteiger partial charge on any atom is 0.401 e. The molecule has 0 unspecified atom stereocenters.